The Bertz CT molecular complexity index is 4700. The number of rotatable bonds is 33. The maximum atomic E-state index is 13.9. The van der Waals surface area contributed by atoms with Crippen LogP contribution in [-0.2, 0) is 71.7 Å². The third-order valence-electron chi connectivity index (χ3n) is 24.7. The molecule has 0 aromatic heterocycles. The number of aldehydes is 1. The lowest BCUT2D eigenvalue weighted by Gasteiger charge is -2.41. The van der Waals surface area contributed by atoms with Crippen LogP contribution in [0.1, 0.15) is 228 Å². The number of carboxylic acids is 1. The van der Waals surface area contributed by atoms with Gasteiger partial charge in [-0.15, -0.1) is 35.3 Å². The van der Waals surface area contributed by atoms with E-state index in [-0.39, 0.29) is 88.5 Å². The zero-order valence-electron chi connectivity index (χ0n) is 76.2. The van der Waals surface area contributed by atoms with Crippen molar-refractivity contribution in [1.82, 2.24) is 21.7 Å². The summed E-state index contributed by atoms with van der Waals surface area (Å²) >= 11 is 5.47. The third kappa shape index (κ3) is 31.0. The van der Waals surface area contributed by atoms with Gasteiger partial charge in [0.1, 0.15) is 24.7 Å². The van der Waals surface area contributed by atoms with Crippen LogP contribution >= 0.6 is 35.3 Å². The Morgan fingerprint density at radius 3 is 1.36 bits per heavy atom. The molecule has 0 bridgehead atoms. The number of aliphatic hydroxyl groups is 1. The van der Waals surface area contributed by atoms with E-state index < -0.39 is 35.5 Å². The Morgan fingerprint density at radius 1 is 0.538 bits per heavy atom. The normalized spacial score (nSPS) is 18.2. The topological polar surface area (TPSA) is 263 Å². The van der Waals surface area contributed by atoms with E-state index in [2.05, 4.69) is 234 Å². The van der Waals surface area contributed by atoms with Gasteiger partial charge in [-0.1, -0.05) is 269 Å². The lowest BCUT2D eigenvalue weighted by Crippen LogP contribution is -2.58. The van der Waals surface area contributed by atoms with Gasteiger partial charge < -0.3 is 61.5 Å². The maximum absolute atomic E-state index is 13.9. The number of carbonyl (C=O) groups excluding carboxylic acids is 5. The number of piperidine rings is 1. The highest BCUT2D eigenvalue weighted by molar-refractivity contribution is 8.01. The molecule has 2 fully saturated rings. The number of hydrogen-bond acceptors (Lipinski definition) is 15. The number of ketones is 1. The van der Waals surface area contributed by atoms with Crippen LogP contribution in [0.2, 0.25) is 0 Å². The average Bonchev–Trinajstić information content (AvgIpc) is 0.847. The summed E-state index contributed by atoms with van der Waals surface area (Å²) in [4.78, 5) is 80.2. The van der Waals surface area contributed by atoms with Crippen LogP contribution in [0.4, 0.5) is 13.2 Å². The third-order valence-corrected chi connectivity index (χ3v) is 29.2. The van der Waals surface area contributed by atoms with Gasteiger partial charge in [0, 0.05) is 58.0 Å². The van der Waals surface area contributed by atoms with E-state index in [1.807, 2.05) is 73.8 Å². The number of methoxy groups -OCH3 is 3. The number of Topliss-reactive ketones (excluding diaryl/α,β-unsaturated/α-hetero) is 1. The molecule has 2 saturated heterocycles. The van der Waals surface area contributed by atoms with Gasteiger partial charge in [-0.3, -0.25) is 24.0 Å². The average molecular weight is 1830 g/mol. The fourth-order valence-electron chi connectivity index (χ4n) is 17.4. The summed E-state index contributed by atoms with van der Waals surface area (Å²) in [6, 6.07) is 87.8. The van der Waals surface area contributed by atoms with Crippen LogP contribution in [-0.4, -0.2) is 132 Å². The minimum Gasteiger partial charge on any atom is -0.481 e. The lowest BCUT2D eigenvalue weighted by molar-refractivity contribution is -0.159. The fourth-order valence-corrected chi connectivity index (χ4v) is 22.2. The van der Waals surface area contributed by atoms with E-state index in [0.717, 1.165) is 120 Å². The standard InChI is InChI=1S/C43H51NO4S.C24H24O2S.C20H27N3O2S.C11H11N.C7H14O2.C2H3F3O.H3N/c1-32(29-30-49-43(35-20-7-4-8-21-35,36-22-9-5-10-23-36)37-24-11-6-12-25-37)40(45)31-34(19-16-28-41(47-2)48-3)42(46)44-39-27-15-18-33-17-13-14-26-38(33)39;1-19(23(25)26)17-18-27-24(20-11-5-2-6-12-20,21-13-7-3-8-14-21)22-15-9-4-10-16-22;21-15-11-12-26-18-10-4-9-17(23(18)20(15)25)19(24)22-16-8-3-6-13-5-1-2-7-14(13)16;1-12-11-8-4-6-9-5-2-3-7-10(9)11;1-7(9-2)5-3-4-6-8;3-2(4,5)1-6;/h4-14,17,20-26,32,34,39,41H,15-16,18-19,27-31H2,1-3H3,(H,44,46);2-16,19H,17-18H2,1H3,(H,25,26);1-2,5,7,15-18H,3-4,6,8-12,21H2,(H,22,24);2-3,5,7,11H,4,6,8H2;6-7H,3-5H2,1-2H3;6H,1H2;1H3/t32-,34?,39+;;15-,16+,17?,18-;11-;;;/m0.01.../s1. The van der Waals surface area contributed by atoms with Crippen molar-refractivity contribution in [2.45, 2.75) is 226 Å². The summed E-state index contributed by atoms with van der Waals surface area (Å²) in [6.07, 6.45) is 15.5. The van der Waals surface area contributed by atoms with Crippen LogP contribution < -0.4 is 22.5 Å². The maximum Gasteiger partial charge on any atom is 0.411 e. The Balaban J connectivity index is 0.000000218. The number of aliphatic carboxylic acids is 1. The molecule has 14 rings (SSSR count). The fraction of sp³-hybridized carbons (Fsp3) is 0.430. The molecule has 2 heterocycles. The second kappa shape index (κ2) is 55.6. The summed E-state index contributed by atoms with van der Waals surface area (Å²) in [6.45, 7) is 11.1. The number of benzene rings is 9. The number of thioether (sulfide) groups is 3. The molecule has 9 N–H and O–H groups in total. The first-order chi connectivity index (χ1) is 62.5. The van der Waals surface area contributed by atoms with Crippen LogP contribution in [0.3, 0.4) is 0 Å². The molecular weight excluding hydrogens is 1700 g/mol. The van der Waals surface area contributed by atoms with E-state index in [9.17, 15) is 47.0 Å². The quantitative estimate of drug-likeness (QED) is 0.00734. The first-order valence-electron chi connectivity index (χ1n) is 45.5. The monoisotopic (exact) mass is 1830 g/mol. The minimum atomic E-state index is -4.40. The summed E-state index contributed by atoms with van der Waals surface area (Å²) in [5, 5.41) is 23.2. The molecule has 0 radical (unpaired) electrons. The number of halogens is 3. The summed E-state index contributed by atoms with van der Waals surface area (Å²) in [7, 11) is 4.94. The molecular formula is C107H133F3N6O11S3. The number of hydrogen-bond donors (Lipinski definition) is 6. The Labute approximate surface area is 781 Å². The summed E-state index contributed by atoms with van der Waals surface area (Å²) < 4.78 is 46.6. The molecule has 3 amide bonds. The van der Waals surface area contributed by atoms with E-state index in [1.54, 1.807) is 44.9 Å². The molecule has 9 aromatic rings. The van der Waals surface area contributed by atoms with Gasteiger partial charge in [0.2, 0.25) is 23.8 Å². The van der Waals surface area contributed by atoms with Crippen molar-refractivity contribution in [2.75, 3.05) is 45.2 Å². The van der Waals surface area contributed by atoms with Crippen LogP contribution in [0.15, 0.2) is 255 Å². The van der Waals surface area contributed by atoms with Gasteiger partial charge in [-0.25, -0.2) is 6.57 Å². The molecule has 0 spiro atoms. The van der Waals surface area contributed by atoms with Gasteiger partial charge in [0.15, 0.2) is 6.29 Å². The van der Waals surface area contributed by atoms with Crippen molar-refractivity contribution in [1.29, 1.82) is 0 Å². The number of aliphatic hydroxyl groups excluding tert-OH is 1. The molecule has 4 unspecified atom stereocenters. The first kappa shape index (κ1) is 106. The molecule has 10 atom stereocenters. The van der Waals surface area contributed by atoms with E-state index in [4.69, 9.17) is 31.6 Å². The second-order valence-corrected chi connectivity index (χ2v) is 37.4. The van der Waals surface area contributed by atoms with Crippen LogP contribution in [0, 0.1) is 24.3 Å². The van der Waals surface area contributed by atoms with Crippen molar-refractivity contribution in [3.63, 3.8) is 0 Å². The Hall–Kier alpha value is -9.71. The minimum absolute atomic E-state index is 0. The molecule has 5 aliphatic rings. The van der Waals surface area contributed by atoms with Crippen molar-refractivity contribution < 1.29 is 66.4 Å². The molecule has 3 aliphatic carbocycles. The molecule has 2 aliphatic heterocycles. The molecule has 9 aromatic carbocycles. The molecule has 130 heavy (non-hydrogen) atoms. The highest BCUT2D eigenvalue weighted by Gasteiger charge is 2.44. The van der Waals surface area contributed by atoms with Gasteiger partial charge in [0.25, 0.3) is 0 Å². The van der Waals surface area contributed by atoms with E-state index >= 15 is 0 Å². The number of nitrogens with two attached hydrogens (primary N) is 1. The largest absolute Gasteiger partial charge is 0.481 e. The number of fused-ring (bicyclic) bond motifs is 4. The summed E-state index contributed by atoms with van der Waals surface area (Å²) in [5.41, 5.74) is 21.0. The smallest absolute Gasteiger partial charge is 0.411 e. The number of carbonyl (C=O) groups is 6. The number of unbranched alkanes of at least 4 members (excludes halogenated alkanes) is 1. The predicted octanol–water partition coefficient (Wildman–Crippen LogP) is 22.5. The zero-order chi connectivity index (χ0) is 92.4. The van der Waals surface area contributed by atoms with E-state index in [1.165, 1.54) is 73.2 Å². The lowest BCUT2D eigenvalue weighted by atomic mass is 9.84. The number of alkyl halides is 3. The number of aryl methyl sites for hydroxylation is 3. The SMILES string of the molecule is CC(CCSC(c1ccccc1)(c1ccccc1)c1ccccc1)C(=O)O.COC(C)CCCC=O.COC(CCCC(CC(=O)[C@@H](C)CCSC(c1ccccc1)(c1ccccc1)c1ccccc1)C(=O)N[C@@H]1CCCc2ccccc21)OC.N.N[C@H]1CCS[C@H]2CCCC(C(=O)N[C@@H]3CCCc4ccccc43)N2C1=O.OCC(F)(F)F.[C-]#[N+][C@@H]1CCCc2ccccc21. The first-order valence-corrected chi connectivity index (χ1v) is 48.5. The number of nitrogens with one attached hydrogen (secondary N) is 2. The number of amides is 3. The Kier molecular flexibility index (Phi) is 45.2. The highest BCUT2D eigenvalue weighted by Crippen LogP contribution is 2.51. The Morgan fingerprint density at radius 2 is 0.946 bits per heavy atom. The van der Waals surface area contributed by atoms with Crippen LogP contribution in [0.25, 0.3) is 4.85 Å². The number of carboxylic acid groups (broad SMARTS) is 1. The molecule has 0 saturated carbocycles. The van der Waals surface area contributed by atoms with Gasteiger partial charge in [-0.05, 0) is 207 Å². The second-order valence-electron chi connectivity index (χ2n) is 33.5. The van der Waals surface area contributed by atoms with Crippen molar-refractivity contribution >= 4 is 71.0 Å². The predicted molar refractivity (Wildman–Crippen MR) is 520 cm³/mol. The van der Waals surface area contributed by atoms with Gasteiger partial charge >= 0.3 is 12.1 Å². The van der Waals surface area contributed by atoms with Gasteiger partial charge in [0.05, 0.1) is 45.0 Å². The number of ether oxygens (including phenoxy) is 3. The molecule has 696 valence electrons. The molecule has 23 heteroatoms. The van der Waals surface area contributed by atoms with Crippen molar-refractivity contribution in [3.8, 4) is 0 Å². The highest BCUT2D eigenvalue weighted by atomic mass is 32.2. The molecule has 17 nitrogen and oxygen atoms in total. The van der Waals surface area contributed by atoms with Gasteiger partial charge in [-0.2, -0.15) is 13.2 Å². The summed E-state index contributed by atoms with van der Waals surface area (Å²) in [5.74, 6) is 0.812. The van der Waals surface area contributed by atoms with E-state index in [0.29, 0.717) is 38.2 Å². The van der Waals surface area contributed by atoms with Crippen molar-refractivity contribution in [3.05, 3.63) is 333 Å². The van der Waals surface area contributed by atoms with Crippen molar-refractivity contribution in [2.24, 2.45) is 23.5 Å². The zero-order valence-corrected chi connectivity index (χ0v) is 78.6. The van der Waals surface area contributed by atoms with Crippen LogP contribution in [0.5, 0.6) is 0 Å². The number of nitrogens with zero attached hydrogens (tertiary/aromatic N) is 2.